The van der Waals surface area contributed by atoms with Gasteiger partial charge in [0.1, 0.15) is 5.52 Å². The molecule has 0 saturated heterocycles. The summed E-state index contributed by atoms with van der Waals surface area (Å²) >= 11 is 0. The summed E-state index contributed by atoms with van der Waals surface area (Å²) in [6.07, 6.45) is 0. The van der Waals surface area contributed by atoms with Crippen LogP contribution in [0, 0.1) is 0 Å². The molecule has 4 rings (SSSR count). The van der Waals surface area contributed by atoms with Crippen LogP contribution in [0.3, 0.4) is 0 Å². The zero-order valence-electron chi connectivity index (χ0n) is 13.4. The fraction of sp³-hybridized carbons (Fsp3) is 0.105. The summed E-state index contributed by atoms with van der Waals surface area (Å²) < 4.78 is 10.9. The monoisotopic (exact) mass is 317 g/mol. The van der Waals surface area contributed by atoms with Crippen LogP contribution in [0.5, 0.6) is 11.8 Å². The largest absolute Gasteiger partial charge is 0.480 e. The van der Waals surface area contributed by atoms with Crippen molar-refractivity contribution in [1.29, 1.82) is 0 Å². The van der Waals surface area contributed by atoms with Crippen LogP contribution in [0.15, 0.2) is 54.6 Å². The second-order valence-electron chi connectivity index (χ2n) is 5.28. The van der Waals surface area contributed by atoms with E-state index in [0.717, 1.165) is 22.2 Å². The van der Waals surface area contributed by atoms with E-state index in [9.17, 15) is 0 Å². The number of rotatable bonds is 3. The average molecular weight is 317 g/mol. The second-order valence-corrected chi connectivity index (χ2v) is 5.28. The van der Waals surface area contributed by atoms with Crippen molar-refractivity contribution in [3.63, 3.8) is 0 Å². The number of para-hydroxylation sites is 2. The van der Waals surface area contributed by atoms with Crippen LogP contribution in [0.2, 0.25) is 0 Å². The number of aromatic nitrogens is 3. The zero-order valence-corrected chi connectivity index (χ0v) is 13.4. The molecule has 24 heavy (non-hydrogen) atoms. The molecule has 0 saturated carbocycles. The Morgan fingerprint density at radius 1 is 0.625 bits per heavy atom. The summed E-state index contributed by atoms with van der Waals surface area (Å²) in [5.74, 6) is 0.870. The van der Waals surface area contributed by atoms with Gasteiger partial charge in [0.15, 0.2) is 5.52 Å². The van der Waals surface area contributed by atoms with E-state index >= 15 is 0 Å². The van der Waals surface area contributed by atoms with Gasteiger partial charge in [-0.25, -0.2) is 9.97 Å². The number of hydrogen-bond acceptors (Lipinski definition) is 5. The van der Waals surface area contributed by atoms with Crippen LogP contribution >= 0.6 is 0 Å². The molecule has 5 heteroatoms. The lowest BCUT2D eigenvalue weighted by molar-refractivity contribution is 0.369. The normalized spacial score (nSPS) is 10.9. The summed E-state index contributed by atoms with van der Waals surface area (Å²) in [7, 11) is 3.16. The highest BCUT2D eigenvalue weighted by Gasteiger charge is 2.19. The number of fused-ring (bicyclic) bond motifs is 2. The third-order valence-electron chi connectivity index (χ3n) is 3.88. The van der Waals surface area contributed by atoms with Gasteiger partial charge in [-0.3, -0.25) is 0 Å². The first-order valence-corrected chi connectivity index (χ1v) is 7.55. The molecule has 0 atom stereocenters. The number of methoxy groups -OCH3 is 2. The smallest absolute Gasteiger partial charge is 0.245 e. The molecule has 0 fully saturated rings. The lowest BCUT2D eigenvalue weighted by Crippen LogP contribution is -2.00. The summed E-state index contributed by atoms with van der Waals surface area (Å²) in [4.78, 5) is 14.0. The molecular weight excluding hydrogens is 302 g/mol. The molecule has 0 bridgehead atoms. The second kappa shape index (κ2) is 5.77. The van der Waals surface area contributed by atoms with Crippen LogP contribution in [0.1, 0.15) is 0 Å². The Morgan fingerprint density at radius 3 is 1.83 bits per heavy atom. The van der Waals surface area contributed by atoms with Gasteiger partial charge in [-0.15, -0.1) is 0 Å². The van der Waals surface area contributed by atoms with E-state index in [0.29, 0.717) is 22.8 Å². The lowest BCUT2D eigenvalue weighted by Gasteiger charge is -2.13. The van der Waals surface area contributed by atoms with Crippen LogP contribution in [0.4, 0.5) is 0 Å². The lowest BCUT2D eigenvalue weighted by atomic mass is 10.1. The summed E-state index contributed by atoms with van der Waals surface area (Å²) in [6.45, 7) is 0. The fourth-order valence-electron chi connectivity index (χ4n) is 2.78. The van der Waals surface area contributed by atoms with Crippen LogP contribution < -0.4 is 9.47 Å². The molecule has 118 valence electrons. The van der Waals surface area contributed by atoms with Crippen molar-refractivity contribution in [1.82, 2.24) is 15.0 Å². The van der Waals surface area contributed by atoms with E-state index in [2.05, 4.69) is 4.98 Å². The van der Waals surface area contributed by atoms with Gasteiger partial charge >= 0.3 is 0 Å². The summed E-state index contributed by atoms with van der Waals surface area (Å²) in [5.41, 5.74) is 4.73. The fourth-order valence-corrected chi connectivity index (χ4v) is 2.78. The van der Waals surface area contributed by atoms with Crippen LogP contribution in [-0.2, 0) is 0 Å². The molecule has 2 aromatic heterocycles. The Bertz CT molecular complexity index is 1030. The van der Waals surface area contributed by atoms with E-state index in [1.165, 1.54) is 0 Å². The van der Waals surface area contributed by atoms with Crippen LogP contribution in [-0.4, -0.2) is 29.2 Å². The SMILES string of the molecule is COc1nc(OC)c2nc3ccccc3nc2c1-c1ccccc1. The molecule has 0 aliphatic rings. The predicted octanol–water partition coefficient (Wildman–Crippen LogP) is 3.86. The molecule has 0 N–H and O–H groups in total. The molecule has 0 spiro atoms. The maximum absolute atomic E-state index is 5.50. The van der Waals surface area contributed by atoms with E-state index < -0.39 is 0 Å². The highest BCUT2D eigenvalue weighted by molar-refractivity contribution is 6.00. The third kappa shape index (κ3) is 2.22. The molecule has 0 aliphatic heterocycles. The minimum Gasteiger partial charge on any atom is -0.480 e. The standard InChI is InChI=1S/C19H15N3O2/c1-23-18-15(12-8-4-3-5-9-12)16-17(19(22-18)24-2)21-14-11-7-6-10-13(14)20-16/h3-11H,1-2H3. The number of pyridine rings is 1. The first-order chi connectivity index (χ1) is 11.8. The number of benzene rings is 2. The molecule has 0 amide bonds. The van der Waals surface area contributed by atoms with Gasteiger partial charge in [-0.1, -0.05) is 42.5 Å². The van der Waals surface area contributed by atoms with Crippen molar-refractivity contribution < 1.29 is 9.47 Å². The molecule has 0 radical (unpaired) electrons. The molecular formula is C19H15N3O2. The van der Waals surface area contributed by atoms with Gasteiger partial charge in [0, 0.05) is 0 Å². The van der Waals surface area contributed by atoms with Gasteiger partial charge in [0.2, 0.25) is 11.8 Å². The Labute approximate surface area is 138 Å². The van der Waals surface area contributed by atoms with Crippen molar-refractivity contribution in [3.05, 3.63) is 54.6 Å². The van der Waals surface area contributed by atoms with E-state index in [1.54, 1.807) is 14.2 Å². The molecule has 0 aliphatic carbocycles. The van der Waals surface area contributed by atoms with Crippen molar-refractivity contribution in [3.8, 4) is 22.9 Å². The molecule has 4 aromatic rings. The van der Waals surface area contributed by atoms with Gasteiger partial charge in [-0.2, -0.15) is 4.98 Å². The Hall–Kier alpha value is -3.21. The summed E-state index contributed by atoms with van der Waals surface area (Å²) in [5, 5.41) is 0. The van der Waals surface area contributed by atoms with E-state index in [1.807, 2.05) is 54.6 Å². The quantitative estimate of drug-likeness (QED) is 0.537. The van der Waals surface area contributed by atoms with Gasteiger partial charge < -0.3 is 9.47 Å². The highest BCUT2D eigenvalue weighted by Crippen LogP contribution is 2.38. The van der Waals surface area contributed by atoms with Crippen LogP contribution in [0.25, 0.3) is 33.2 Å². The highest BCUT2D eigenvalue weighted by atomic mass is 16.5. The minimum absolute atomic E-state index is 0.403. The molecule has 5 nitrogen and oxygen atoms in total. The Morgan fingerprint density at radius 2 is 1.21 bits per heavy atom. The van der Waals surface area contributed by atoms with Gasteiger partial charge in [-0.05, 0) is 17.7 Å². The van der Waals surface area contributed by atoms with Crippen molar-refractivity contribution >= 4 is 22.1 Å². The zero-order chi connectivity index (χ0) is 16.5. The van der Waals surface area contributed by atoms with E-state index in [-0.39, 0.29) is 0 Å². The Kier molecular flexibility index (Phi) is 3.46. The van der Waals surface area contributed by atoms with Gasteiger partial charge in [0.05, 0.1) is 30.8 Å². The third-order valence-corrected chi connectivity index (χ3v) is 3.88. The first-order valence-electron chi connectivity index (χ1n) is 7.55. The minimum atomic E-state index is 0.403. The first kappa shape index (κ1) is 14.4. The predicted molar refractivity (Wildman–Crippen MR) is 93.4 cm³/mol. The van der Waals surface area contributed by atoms with Crippen molar-refractivity contribution in [2.45, 2.75) is 0 Å². The average Bonchev–Trinajstić information content (AvgIpc) is 2.65. The van der Waals surface area contributed by atoms with Crippen molar-refractivity contribution in [2.75, 3.05) is 14.2 Å². The molecule has 2 heterocycles. The number of nitrogens with zero attached hydrogens (tertiary/aromatic N) is 3. The topological polar surface area (TPSA) is 57.1 Å². The van der Waals surface area contributed by atoms with Gasteiger partial charge in [0.25, 0.3) is 0 Å². The van der Waals surface area contributed by atoms with Crippen molar-refractivity contribution in [2.24, 2.45) is 0 Å². The number of hydrogen-bond donors (Lipinski definition) is 0. The maximum atomic E-state index is 5.50. The maximum Gasteiger partial charge on any atom is 0.245 e. The molecule has 0 unspecified atom stereocenters. The molecule has 2 aromatic carbocycles. The van der Waals surface area contributed by atoms with E-state index in [4.69, 9.17) is 19.4 Å². The summed E-state index contributed by atoms with van der Waals surface area (Å²) in [6, 6.07) is 17.7. The Balaban J connectivity index is 2.18. The number of ether oxygens (including phenoxy) is 2.